The Morgan fingerprint density at radius 2 is 2.00 bits per heavy atom. The summed E-state index contributed by atoms with van der Waals surface area (Å²) in [7, 11) is 0. The number of ketones is 1. The average molecular weight is 200 g/mol. The van der Waals surface area contributed by atoms with Crippen molar-refractivity contribution in [1.82, 2.24) is 0 Å². The van der Waals surface area contributed by atoms with Gasteiger partial charge in [-0.25, -0.2) is 0 Å². The minimum Gasteiger partial charge on any atom is -0.485 e. The summed E-state index contributed by atoms with van der Waals surface area (Å²) < 4.78 is 5.55. The summed E-state index contributed by atoms with van der Waals surface area (Å²) in [5.41, 5.74) is 3.53. The third kappa shape index (κ3) is 1.29. The van der Waals surface area contributed by atoms with E-state index in [4.69, 9.17) is 4.74 Å². The zero-order chi connectivity index (χ0) is 10.3. The van der Waals surface area contributed by atoms with E-state index in [1.54, 1.807) is 0 Å². The Labute approximate surface area is 88.6 Å². The maximum absolute atomic E-state index is 11.7. The minimum atomic E-state index is 0.172. The Hall–Kier alpha value is -1.57. The number of benzene rings is 1. The third-order valence-electron chi connectivity index (χ3n) is 3.07. The monoisotopic (exact) mass is 200 g/mol. The Bertz CT molecular complexity index is 457. The van der Waals surface area contributed by atoms with Gasteiger partial charge < -0.3 is 4.74 Å². The fraction of sp³-hybridized carbons (Fsp3) is 0.308. The molecular weight excluding hydrogens is 188 g/mol. The van der Waals surface area contributed by atoms with E-state index in [0.717, 1.165) is 18.4 Å². The van der Waals surface area contributed by atoms with E-state index in [9.17, 15) is 4.79 Å². The van der Waals surface area contributed by atoms with Crippen molar-refractivity contribution in [2.24, 2.45) is 0 Å². The number of rotatable bonds is 0. The lowest BCUT2D eigenvalue weighted by molar-refractivity contribution is -0.119. The molecule has 2 nitrogen and oxygen atoms in total. The fourth-order valence-electron chi connectivity index (χ4n) is 2.34. The van der Waals surface area contributed by atoms with Gasteiger partial charge in [0.2, 0.25) is 0 Å². The number of hydrogen-bond donors (Lipinski definition) is 0. The van der Waals surface area contributed by atoms with Gasteiger partial charge >= 0.3 is 0 Å². The molecule has 0 unspecified atom stereocenters. The zero-order valence-electron chi connectivity index (χ0n) is 8.45. The van der Waals surface area contributed by atoms with Crippen LogP contribution in [-0.2, 0) is 16.1 Å². The molecule has 0 N–H and O–H groups in total. The Morgan fingerprint density at radius 3 is 2.93 bits per heavy atom. The molecule has 3 rings (SSSR count). The maximum Gasteiger partial charge on any atom is 0.197 e. The molecule has 1 aromatic carbocycles. The summed E-state index contributed by atoms with van der Waals surface area (Å²) >= 11 is 0. The molecule has 76 valence electrons. The van der Waals surface area contributed by atoms with Gasteiger partial charge in [-0.3, -0.25) is 4.79 Å². The standard InChI is InChI=1S/C13H12O2/c14-12-7-3-6-11-10-5-2-1-4-9(10)8-15-13(11)12/h1-2,4-5H,3,6-8H2. The van der Waals surface area contributed by atoms with Crippen molar-refractivity contribution < 1.29 is 9.53 Å². The van der Waals surface area contributed by atoms with Crippen LogP contribution in [0, 0.1) is 0 Å². The molecule has 15 heavy (non-hydrogen) atoms. The smallest absolute Gasteiger partial charge is 0.197 e. The van der Waals surface area contributed by atoms with Crippen LogP contribution < -0.4 is 0 Å². The van der Waals surface area contributed by atoms with Crippen LogP contribution >= 0.6 is 0 Å². The highest BCUT2D eigenvalue weighted by Gasteiger charge is 2.27. The van der Waals surface area contributed by atoms with Crippen LogP contribution in [0.4, 0.5) is 0 Å². The molecule has 0 saturated heterocycles. The second-order valence-corrected chi connectivity index (χ2v) is 4.03. The van der Waals surface area contributed by atoms with Gasteiger partial charge in [-0.05, 0) is 24.0 Å². The molecule has 2 heteroatoms. The van der Waals surface area contributed by atoms with Crippen LogP contribution in [0.25, 0.3) is 5.57 Å². The number of carbonyl (C=O) groups is 1. The molecular formula is C13H12O2. The minimum absolute atomic E-state index is 0.172. The zero-order valence-corrected chi connectivity index (χ0v) is 8.45. The molecule has 0 bridgehead atoms. The van der Waals surface area contributed by atoms with Gasteiger partial charge in [0, 0.05) is 12.0 Å². The quantitative estimate of drug-likeness (QED) is 0.643. The molecule has 1 heterocycles. The summed E-state index contributed by atoms with van der Waals surface area (Å²) in [5, 5.41) is 0. The number of Topliss-reactive ketones (excluding diaryl/α,β-unsaturated/α-hetero) is 1. The largest absolute Gasteiger partial charge is 0.485 e. The lowest BCUT2D eigenvalue weighted by Gasteiger charge is -2.26. The van der Waals surface area contributed by atoms with Crippen LogP contribution in [0.5, 0.6) is 0 Å². The highest BCUT2D eigenvalue weighted by atomic mass is 16.5. The number of allylic oxidation sites excluding steroid dienone is 2. The molecule has 0 fully saturated rings. The predicted octanol–water partition coefficient (Wildman–Crippen LogP) is 2.68. The molecule has 1 aliphatic carbocycles. The number of ether oxygens (including phenoxy) is 1. The highest BCUT2D eigenvalue weighted by Crippen LogP contribution is 2.36. The first-order chi connectivity index (χ1) is 7.36. The van der Waals surface area contributed by atoms with E-state index in [1.165, 1.54) is 11.1 Å². The van der Waals surface area contributed by atoms with Gasteiger partial charge in [0.25, 0.3) is 0 Å². The molecule has 1 aromatic rings. The molecule has 0 saturated carbocycles. The van der Waals surface area contributed by atoms with Crippen LogP contribution in [0.3, 0.4) is 0 Å². The van der Waals surface area contributed by atoms with Gasteiger partial charge in [-0.1, -0.05) is 24.3 Å². The van der Waals surface area contributed by atoms with Crippen molar-refractivity contribution in [1.29, 1.82) is 0 Å². The van der Waals surface area contributed by atoms with Gasteiger partial charge in [0.05, 0.1) is 0 Å². The summed E-state index contributed by atoms with van der Waals surface area (Å²) in [6.07, 6.45) is 2.56. The molecule has 0 radical (unpaired) electrons. The van der Waals surface area contributed by atoms with Gasteiger partial charge in [-0.15, -0.1) is 0 Å². The molecule has 0 spiro atoms. The van der Waals surface area contributed by atoms with E-state index in [2.05, 4.69) is 12.1 Å². The summed E-state index contributed by atoms with van der Waals surface area (Å²) in [6, 6.07) is 8.19. The third-order valence-corrected chi connectivity index (χ3v) is 3.07. The van der Waals surface area contributed by atoms with Crippen LogP contribution in [-0.4, -0.2) is 5.78 Å². The van der Waals surface area contributed by atoms with Crippen LogP contribution in [0.15, 0.2) is 30.0 Å². The number of fused-ring (bicyclic) bond motifs is 2. The van der Waals surface area contributed by atoms with Crippen molar-refractivity contribution in [3.63, 3.8) is 0 Å². The van der Waals surface area contributed by atoms with Gasteiger partial charge in [-0.2, -0.15) is 0 Å². The summed E-state index contributed by atoms with van der Waals surface area (Å²) in [6.45, 7) is 0.542. The van der Waals surface area contributed by atoms with E-state index in [0.29, 0.717) is 18.8 Å². The van der Waals surface area contributed by atoms with Gasteiger partial charge in [0.15, 0.2) is 11.5 Å². The topological polar surface area (TPSA) is 26.3 Å². The van der Waals surface area contributed by atoms with E-state index < -0.39 is 0 Å². The number of carbonyl (C=O) groups excluding carboxylic acids is 1. The Morgan fingerprint density at radius 1 is 1.13 bits per heavy atom. The van der Waals surface area contributed by atoms with E-state index in [-0.39, 0.29) is 5.78 Å². The Kier molecular flexibility index (Phi) is 1.88. The van der Waals surface area contributed by atoms with Crippen molar-refractivity contribution in [2.45, 2.75) is 25.9 Å². The van der Waals surface area contributed by atoms with Crippen molar-refractivity contribution >= 4 is 11.4 Å². The first-order valence-electron chi connectivity index (χ1n) is 5.33. The van der Waals surface area contributed by atoms with Crippen LogP contribution in [0.2, 0.25) is 0 Å². The molecule has 2 aliphatic rings. The van der Waals surface area contributed by atoms with E-state index >= 15 is 0 Å². The second-order valence-electron chi connectivity index (χ2n) is 4.03. The van der Waals surface area contributed by atoms with Crippen molar-refractivity contribution in [3.8, 4) is 0 Å². The maximum atomic E-state index is 11.7. The molecule has 0 aromatic heterocycles. The molecule has 0 amide bonds. The lowest BCUT2D eigenvalue weighted by Crippen LogP contribution is -2.18. The summed E-state index contributed by atoms with van der Waals surface area (Å²) in [4.78, 5) is 11.7. The average Bonchev–Trinajstić information content (AvgIpc) is 2.29. The van der Waals surface area contributed by atoms with Crippen molar-refractivity contribution in [2.75, 3.05) is 0 Å². The number of hydrogen-bond acceptors (Lipinski definition) is 2. The lowest BCUT2D eigenvalue weighted by atomic mass is 9.87. The van der Waals surface area contributed by atoms with Crippen LogP contribution in [0.1, 0.15) is 30.4 Å². The molecule has 1 aliphatic heterocycles. The first kappa shape index (κ1) is 8.72. The highest BCUT2D eigenvalue weighted by molar-refractivity contribution is 6.02. The first-order valence-corrected chi connectivity index (χ1v) is 5.33. The SMILES string of the molecule is O=C1CCCC2=C1OCc1ccccc12. The van der Waals surface area contributed by atoms with E-state index in [1.807, 2.05) is 12.1 Å². The normalized spacial score (nSPS) is 19.3. The van der Waals surface area contributed by atoms with Gasteiger partial charge in [0.1, 0.15) is 6.61 Å². The fourth-order valence-corrected chi connectivity index (χ4v) is 2.34. The summed E-state index contributed by atoms with van der Waals surface area (Å²) in [5.74, 6) is 0.797. The van der Waals surface area contributed by atoms with Crippen molar-refractivity contribution in [3.05, 3.63) is 41.2 Å². The second kappa shape index (κ2) is 3.23. The Balaban J connectivity index is 2.18. The predicted molar refractivity (Wildman–Crippen MR) is 57.0 cm³/mol. The molecule has 0 atom stereocenters.